The summed E-state index contributed by atoms with van der Waals surface area (Å²) in [6, 6.07) is 11.0. The third kappa shape index (κ3) is 3.37. The highest BCUT2D eigenvalue weighted by atomic mass is 35.5. The standard InChI is InChI=1S/C26H20ClN3O6/c27-15-6-4-13(5-7-15)24(32)28(12-21(31)14-2-1-3-16(10-14)30(35)36)29-25(33)22-17-8-9-18(20-11-19(17)20)23(22)26(29)34/h1-10,17-20,22-23H,11-12H2/t17-,18-,19-,20-,22-,23+/m0/s1. The number of allylic oxidation sites excluding steroid dienone is 2. The summed E-state index contributed by atoms with van der Waals surface area (Å²) < 4.78 is 0. The van der Waals surface area contributed by atoms with Crippen molar-refractivity contribution in [2.45, 2.75) is 6.42 Å². The van der Waals surface area contributed by atoms with E-state index in [9.17, 15) is 29.3 Å². The summed E-state index contributed by atoms with van der Waals surface area (Å²) in [5, 5.41) is 13.3. The van der Waals surface area contributed by atoms with Crippen LogP contribution in [0.2, 0.25) is 5.02 Å². The van der Waals surface area contributed by atoms with Crippen LogP contribution in [0.1, 0.15) is 27.1 Å². The van der Waals surface area contributed by atoms with Crippen molar-refractivity contribution >= 4 is 40.8 Å². The number of hydrogen-bond acceptors (Lipinski definition) is 6. The number of non-ortho nitro benzene ring substituents is 1. The molecule has 3 fully saturated rings. The number of hydrogen-bond donors (Lipinski definition) is 0. The van der Waals surface area contributed by atoms with E-state index >= 15 is 0 Å². The Morgan fingerprint density at radius 1 is 0.972 bits per heavy atom. The number of imide groups is 1. The molecular weight excluding hydrogens is 486 g/mol. The van der Waals surface area contributed by atoms with Crippen molar-refractivity contribution in [2.24, 2.45) is 35.5 Å². The molecule has 0 spiro atoms. The largest absolute Gasteiger partial charge is 0.292 e. The van der Waals surface area contributed by atoms with Gasteiger partial charge in [-0.3, -0.25) is 29.3 Å². The normalized spacial score (nSPS) is 29.1. The number of carbonyl (C=O) groups is 4. The highest BCUT2D eigenvalue weighted by Crippen LogP contribution is 2.65. The molecule has 5 aliphatic rings. The smallest absolute Gasteiger partial charge is 0.273 e. The number of carbonyl (C=O) groups excluding carboxylic acids is 4. The SMILES string of the molecule is O=C(CN(C(=O)c1ccc(Cl)cc1)N1C(=O)[C@@H]2[C@H]3C=C[C@@H]([C@@H]4C[C@@H]34)[C@@H]2C1=O)c1cccc([N+](=O)[O-])c1. The number of hydrazine groups is 1. The molecule has 10 heteroatoms. The van der Waals surface area contributed by atoms with Crippen molar-refractivity contribution in [1.82, 2.24) is 10.0 Å². The average molecular weight is 506 g/mol. The lowest BCUT2D eigenvalue weighted by atomic mass is 9.63. The van der Waals surface area contributed by atoms with Crippen LogP contribution in [0.3, 0.4) is 0 Å². The van der Waals surface area contributed by atoms with Crippen molar-refractivity contribution < 1.29 is 24.1 Å². The molecule has 1 heterocycles. The van der Waals surface area contributed by atoms with Gasteiger partial charge >= 0.3 is 0 Å². The molecule has 36 heavy (non-hydrogen) atoms. The second kappa shape index (κ2) is 8.09. The summed E-state index contributed by atoms with van der Waals surface area (Å²) in [6.07, 6.45) is 5.04. The molecule has 0 N–H and O–H groups in total. The summed E-state index contributed by atoms with van der Waals surface area (Å²) in [5.41, 5.74) is -0.138. The van der Waals surface area contributed by atoms with E-state index in [0.717, 1.165) is 22.5 Å². The maximum Gasteiger partial charge on any atom is 0.273 e. The number of amides is 3. The van der Waals surface area contributed by atoms with Gasteiger partial charge in [0.2, 0.25) is 0 Å². The number of Topliss-reactive ketones (excluding diaryl/α,β-unsaturated/α-hetero) is 1. The van der Waals surface area contributed by atoms with Gasteiger partial charge in [-0.05, 0) is 54.4 Å². The predicted octanol–water partition coefficient (Wildman–Crippen LogP) is 3.54. The van der Waals surface area contributed by atoms with Crippen LogP contribution in [0, 0.1) is 45.6 Å². The molecule has 1 aliphatic heterocycles. The van der Waals surface area contributed by atoms with Gasteiger partial charge in [-0.1, -0.05) is 35.9 Å². The van der Waals surface area contributed by atoms with E-state index in [2.05, 4.69) is 0 Å². The zero-order chi connectivity index (χ0) is 25.3. The van der Waals surface area contributed by atoms with Crippen LogP contribution in [-0.2, 0) is 9.59 Å². The van der Waals surface area contributed by atoms with Crippen LogP contribution in [0.4, 0.5) is 5.69 Å². The van der Waals surface area contributed by atoms with Gasteiger partial charge in [-0.25, -0.2) is 5.01 Å². The van der Waals surface area contributed by atoms with Crippen molar-refractivity contribution in [3.63, 3.8) is 0 Å². The van der Waals surface area contributed by atoms with Crippen LogP contribution < -0.4 is 0 Å². The fourth-order valence-corrected chi connectivity index (χ4v) is 6.30. The van der Waals surface area contributed by atoms with E-state index in [4.69, 9.17) is 11.6 Å². The summed E-state index contributed by atoms with van der Waals surface area (Å²) in [5.74, 6) is -2.76. The topological polar surface area (TPSA) is 118 Å². The van der Waals surface area contributed by atoms with E-state index in [1.165, 1.54) is 42.5 Å². The molecule has 4 aliphatic carbocycles. The first-order valence-corrected chi connectivity index (χ1v) is 12.0. The number of nitro benzene ring substituents is 1. The number of rotatable bonds is 6. The van der Waals surface area contributed by atoms with Gasteiger partial charge in [0.05, 0.1) is 16.8 Å². The summed E-state index contributed by atoms with van der Waals surface area (Å²) >= 11 is 5.95. The molecule has 7 rings (SSSR count). The summed E-state index contributed by atoms with van der Waals surface area (Å²) in [6.45, 7) is -0.630. The van der Waals surface area contributed by atoms with Crippen LogP contribution >= 0.6 is 11.6 Å². The van der Waals surface area contributed by atoms with Crippen molar-refractivity contribution in [3.8, 4) is 0 Å². The van der Waals surface area contributed by atoms with Crippen molar-refractivity contribution in [2.75, 3.05) is 6.54 Å². The van der Waals surface area contributed by atoms with Crippen molar-refractivity contribution in [3.05, 3.63) is 86.9 Å². The maximum absolute atomic E-state index is 13.7. The number of ketones is 1. The minimum atomic E-state index is -0.712. The molecule has 6 atom stereocenters. The maximum atomic E-state index is 13.7. The Morgan fingerprint density at radius 3 is 2.17 bits per heavy atom. The predicted molar refractivity (Wildman–Crippen MR) is 126 cm³/mol. The van der Waals surface area contributed by atoms with E-state index < -0.39 is 46.8 Å². The number of benzene rings is 2. The first kappa shape index (κ1) is 22.6. The van der Waals surface area contributed by atoms with Gasteiger partial charge in [-0.2, -0.15) is 5.01 Å². The second-order valence-corrected chi connectivity index (χ2v) is 10.2. The van der Waals surface area contributed by atoms with Gasteiger partial charge in [0.1, 0.15) is 6.54 Å². The minimum absolute atomic E-state index is 0.00222. The zero-order valence-electron chi connectivity index (χ0n) is 18.8. The van der Waals surface area contributed by atoms with Gasteiger partial charge in [0, 0.05) is 28.3 Å². The Bertz CT molecular complexity index is 1340. The number of nitrogens with zero attached hydrogens (tertiary/aromatic N) is 3. The molecule has 0 radical (unpaired) electrons. The van der Waals surface area contributed by atoms with E-state index in [1.54, 1.807) is 0 Å². The molecule has 3 amide bonds. The Balaban J connectivity index is 1.36. The van der Waals surface area contributed by atoms with Crippen LogP contribution in [0.25, 0.3) is 0 Å². The molecule has 2 bridgehead atoms. The number of nitro groups is 1. The van der Waals surface area contributed by atoms with Crippen molar-refractivity contribution in [1.29, 1.82) is 0 Å². The minimum Gasteiger partial charge on any atom is -0.292 e. The van der Waals surface area contributed by atoms with Gasteiger partial charge in [-0.15, -0.1) is 0 Å². The summed E-state index contributed by atoms with van der Waals surface area (Å²) in [4.78, 5) is 64.7. The Labute approximate surface area is 210 Å². The van der Waals surface area contributed by atoms with Crippen LogP contribution in [0.15, 0.2) is 60.7 Å². The quantitative estimate of drug-likeness (QED) is 0.195. The second-order valence-electron chi connectivity index (χ2n) is 9.74. The van der Waals surface area contributed by atoms with Gasteiger partial charge < -0.3 is 0 Å². The lowest BCUT2D eigenvalue weighted by molar-refractivity contribution is -0.384. The molecule has 9 nitrogen and oxygen atoms in total. The zero-order valence-corrected chi connectivity index (χ0v) is 19.6. The van der Waals surface area contributed by atoms with E-state index in [0.29, 0.717) is 16.9 Å². The van der Waals surface area contributed by atoms with E-state index in [-0.39, 0.29) is 28.7 Å². The van der Waals surface area contributed by atoms with Gasteiger partial charge in [0.25, 0.3) is 23.4 Å². The van der Waals surface area contributed by atoms with Crippen LogP contribution in [0.5, 0.6) is 0 Å². The third-order valence-electron chi connectivity index (χ3n) is 7.88. The molecule has 2 aromatic rings. The summed E-state index contributed by atoms with van der Waals surface area (Å²) in [7, 11) is 0. The highest BCUT2D eigenvalue weighted by Gasteiger charge is 2.68. The molecule has 0 aromatic heterocycles. The number of halogens is 1. The Kier molecular flexibility index (Phi) is 5.08. The first-order chi connectivity index (χ1) is 17.3. The molecular formula is C26H20ClN3O6. The molecule has 0 unspecified atom stereocenters. The molecule has 2 saturated carbocycles. The lowest BCUT2D eigenvalue weighted by Crippen LogP contribution is -2.52. The van der Waals surface area contributed by atoms with E-state index in [1.807, 2.05) is 12.2 Å². The third-order valence-corrected chi connectivity index (χ3v) is 8.13. The monoisotopic (exact) mass is 505 g/mol. The average Bonchev–Trinajstić information content (AvgIpc) is 3.66. The first-order valence-electron chi connectivity index (χ1n) is 11.7. The highest BCUT2D eigenvalue weighted by molar-refractivity contribution is 6.30. The molecule has 2 aromatic carbocycles. The Morgan fingerprint density at radius 2 is 1.58 bits per heavy atom. The fourth-order valence-electron chi connectivity index (χ4n) is 6.17. The fraction of sp³-hybridized carbons (Fsp3) is 0.308. The molecule has 1 saturated heterocycles. The Hall–Kier alpha value is -3.85. The lowest BCUT2D eigenvalue weighted by Gasteiger charge is -2.37. The van der Waals surface area contributed by atoms with Gasteiger partial charge in [0.15, 0.2) is 5.78 Å². The van der Waals surface area contributed by atoms with Crippen LogP contribution in [-0.4, -0.2) is 45.0 Å². The molecule has 182 valence electrons.